The van der Waals surface area contributed by atoms with Gasteiger partial charge in [0, 0.05) is 18.4 Å². The zero-order valence-electron chi connectivity index (χ0n) is 16.7. The van der Waals surface area contributed by atoms with Crippen LogP contribution in [-0.4, -0.2) is 22.0 Å². The zero-order chi connectivity index (χ0) is 21.0. The van der Waals surface area contributed by atoms with Crippen LogP contribution in [0.25, 0.3) is 11.3 Å². The molecule has 150 valence electrons. The summed E-state index contributed by atoms with van der Waals surface area (Å²) in [5.41, 5.74) is 4.49. The van der Waals surface area contributed by atoms with E-state index < -0.39 is 12.0 Å². The van der Waals surface area contributed by atoms with Gasteiger partial charge in [0.05, 0.1) is 6.20 Å². The lowest BCUT2D eigenvalue weighted by Crippen LogP contribution is -2.34. The quantitative estimate of drug-likeness (QED) is 0.630. The van der Waals surface area contributed by atoms with Crippen LogP contribution in [0.2, 0.25) is 0 Å². The molecule has 1 atom stereocenters. The molecule has 1 unspecified atom stereocenters. The van der Waals surface area contributed by atoms with Crippen molar-refractivity contribution >= 4 is 11.9 Å². The average molecular weight is 392 g/mol. The molecule has 3 rings (SSSR count). The van der Waals surface area contributed by atoms with Crippen molar-refractivity contribution in [2.24, 2.45) is 0 Å². The Kier molecular flexibility index (Phi) is 6.12. The summed E-state index contributed by atoms with van der Waals surface area (Å²) in [5.74, 6) is -0.383. The number of carboxylic acid groups (broad SMARTS) is 1. The van der Waals surface area contributed by atoms with E-state index in [4.69, 9.17) is 4.42 Å². The summed E-state index contributed by atoms with van der Waals surface area (Å²) in [6.45, 7) is 5.77. The van der Waals surface area contributed by atoms with Gasteiger partial charge in [-0.25, -0.2) is 9.78 Å². The van der Waals surface area contributed by atoms with E-state index in [1.54, 1.807) is 18.3 Å². The summed E-state index contributed by atoms with van der Waals surface area (Å²) in [5, 5.41) is 12.2. The van der Waals surface area contributed by atoms with Crippen molar-refractivity contribution in [2.75, 3.05) is 0 Å². The second-order valence-corrected chi connectivity index (χ2v) is 7.11. The summed E-state index contributed by atoms with van der Waals surface area (Å²) in [6.07, 6.45) is 2.01. The summed E-state index contributed by atoms with van der Waals surface area (Å²) in [4.78, 5) is 28.3. The molecule has 0 aliphatic carbocycles. The van der Waals surface area contributed by atoms with Crippen molar-refractivity contribution in [1.29, 1.82) is 0 Å². The fraction of sp³-hybridized carbons (Fsp3) is 0.261. The number of aryl methyl sites for hydroxylation is 3. The van der Waals surface area contributed by atoms with Crippen LogP contribution in [0.3, 0.4) is 0 Å². The fourth-order valence-corrected chi connectivity index (χ4v) is 3.09. The first-order valence-corrected chi connectivity index (χ1v) is 9.45. The van der Waals surface area contributed by atoms with Gasteiger partial charge in [0.25, 0.3) is 0 Å². The molecule has 1 amide bonds. The maximum absolute atomic E-state index is 12.4. The average Bonchev–Trinajstić information content (AvgIpc) is 3.16. The number of amides is 1. The Morgan fingerprint density at radius 1 is 1.10 bits per heavy atom. The number of carboxylic acids is 1. The van der Waals surface area contributed by atoms with Gasteiger partial charge in [-0.15, -0.1) is 0 Å². The summed E-state index contributed by atoms with van der Waals surface area (Å²) < 4.78 is 5.72. The molecule has 0 radical (unpaired) electrons. The predicted octanol–water partition coefficient (Wildman–Crippen LogP) is 4.14. The number of hydrogen-bond acceptors (Lipinski definition) is 4. The number of carbonyl (C=O) groups excluding carboxylic acids is 1. The Hall–Kier alpha value is -3.41. The smallest absolute Gasteiger partial charge is 0.330 e. The minimum Gasteiger partial charge on any atom is -0.479 e. The number of aromatic nitrogens is 1. The van der Waals surface area contributed by atoms with E-state index in [-0.39, 0.29) is 18.7 Å². The highest BCUT2D eigenvalue weighted by Crippen LogP contribution is 2.23. The number of nitrogens with zero attached hydrogens (tertiary/aromatic N) is 1. The molecule has 3 aromatic rings. The Morgan fingerprint density at radius 2 is 1.83 bits per heavy atom. The fourth-order valence-electron chi connectivity index (χ4n) is 3.09. The van der Waals surface area contributed by atoms with Crippen molar-refractivity contribution in [1.82, 2.24) is 10.3 Å². The SMILES string of the molecule is Cc1ccc(-c2cnc(CCC(=O)NC(C(=O)O)c3cccc(C)c3C)o2)cc1. The van der Waals surface area contributed by atoms with Crippen LogP contribution in [0, 0.1) is 20.8 Å². The van der Waals surface area contributed by atoms with Gasteiger partial charge in [0.15, 0.2) is 17.7 Å². The van der Waals surface area contributed by atoms with Crippen LogP contribution in [0.1, 0.15) is 40.6 Å². The Morgan fingerprint density at radius 3 is 2.52 bits per heavy atom. The van der Waals surface area contributed by atoms with Gasteiger partial charge in [0.1, 0.15) is 0 Å². The van der Waals surface area contributed by atoms with E-state index in [2.05, 4.69) is 10.3 Å². The highest BCUT2D eigenvalue weighted by atomic mass is 16.4. The van der Waals surface area contributed by atoms with Gasteiger partial charge in [-0.1, -0.05) is 48.0 Å². The molecule has 1 aromatic heterocycles. The number of benzene rings is 2. The summed E-state index contributed by atoms with van der Waals surface area (Å²) in [7, 11) is 0. The van der Waals surface area contributed by atoms with E-state index in [0.717, 1.165) is 22.3 Å². The molecular weight excluding hydrogens is 368 g/mol. The third-order valence-electron chi connectivity index (χ3n) is 4.97. The Balaban J connectivity index is 1.63. The van der Waals surface area contributed by atoms with Crippen LogP contribution in [0.5, 0.6) is 0 Å². The maximum atomic E-state index is 12.4. The van der Waals surface area contributed by atoms with Crippen molar-refractivity contribution in [2.45, 2.75) is 39.7 Å². The van der Waals surface area contributed by atoms with Gasteiger partial charge >= 0.3 is 5.97 Å². The van der Waals surface area contributed by atoms with Crippen molar-refractivity contribution in [3.05, 3.63) is 76.8 Å². The first-order valence-electron chi connectivity index (χ1n) is 9.45. The highest BCUT2D eigenvalue weighted by molar-refractivity contribution is 5.85. The number of rotatable bonds is 7. The second kappa shape index (κ2) is 8.73. The molecule has 0 aliphatic rings. The third kappa shape index (κ3) is 4.90. The maximum Gasteiger partial charge on any atom is 0.330 e. The monoisotopic (exact) mass is 392 g/mol. The Labute approximate surface area is 169 Å². The van der Waals surface area contributed by atoms with Gasteiger partial charge in [-0.2, -0.15) is 0 Å². The molecule has 0 saturated carbocycles. The molecule has 0 bridgehead atoms. The first-order chi connectivity index (χ1) is 13.8. The molecule has 6 nitrogen and oxygen atoms in total. The number of nitrogens with one attached hydrogen (secondary N) is 1. The van der Waals surface area contributed by atoms with Crippen LogP contribution in [-0.2, 0) is 16.0 Å². The van der Waals surface area contributed by atoms with Gasteiger partial charge in [0.2, 0.25) is 5.91 Å². The minimum absolute atomic E-state index is 0.0858. The van der Waals surface area contributed by atoms with Crippen LogP contribution in [0.15, 0.2) is 53.1 Å². The topological polar surface area (TPSA) is 92.4 Å². The normalized spacial score (nSPS) is 11.8. The van der Waals surface area contributed by atoms with E-state index in [9.17, 15) is 14.7 Å². The highest BCUT2D eigenvalue weighted by Gasteiger charge is 2.24. The van der Waals surface area contributed by atoms with Crippen LogP contribution in [0.4, 0.5) is 0 Å². The van der Waals surface area contributed by atoms with E-state index in [1.165, 1.54) is 0 Å². The zero-order valence-corrected chi connectivity index (χ0v) is 16.7. The van der Waals surface area contributed by atoms with Gasteiger partial charge in [-0.3, -0.25) is 4.79 Å². The summed E-state index contributed by atoms with van der Waals surface area (Å²) in [6, 6.07) is 12.2. The van der Waals surface area contributed by atoms with Gasteiger partial charge < -0.3 is 14.8 Å². The summed E-state index contributed by atoms with van der Waals surface area (Å²) >= 11 is 0. The predicted molar refractivity (Wildman–Crippen MR) is 109 cm³/mol. The van der Waals surface area contributed by atoms with Crippen molar-refractivity contribution < 1.29 is 19.1 Å². The van der Waals surface area contributed by atoms with E-state index >= 15 is 0 Å². The molecular formula is C23H24N2O4. The number of aliphatic carboxylic acids is 1. The van der Waals surface area contributed by atoms with Gasteiger partial charge in [-0.05, 0) is 37.5 Å². The molecule has 29 heavy (non-hydrogen) atoms. The van der Waals surface area contributed by atoms with Crippen molar-refractivity contribution in [3.8, 4) is 11.3 Å². The molecule has 1 heterocycles. The lowest BCUT2D eigenvalue weighted by molar-refractivity contribution is -0.142. The minimum atomic E-state index is -1.09. The molecule has 0 spiro atoms. The van der Waals surface area contributed by atoms with Crippen molar-refractivity contribution in [3.63, 3.8) is 0 Å². The third-order valence-corrected chi connectivity index (χ3v) is 4.97. The first kappa shape index (κ1) is 20.3. The molecule has 6 heteroatoms. The number of carbonyl (C=O) groups is 2. The standard InChI is InChI=1S/C23H24N2O4/c1-14-7-9-17(10-8-14)19-13-24-21(29-19)12-11-20(26)25-22(23(27)28)18-6-4-5-15(2)16(18)3/h4-10,13,22H,11-12H2,1-3H3,(H,25,26)(H,27,28). The molecule has 0 aliphatic heterocycles. The molecule has 0 fully saturated rings. The second-order valence-electron chi connectivity index (χ2n) is 7.11. The lowest BCUT2D eigenvalue weighted by atomic mass is 9.97. The number of hydrogen-bond donors (Lipinski definition) is 2. The molecule has 2 N–H and O–H groups in total. The van der Waals surface area contributed by atoms with Crippen LogP contribution >= 0.6 is 0 Å². The number of oxazole rings is 1. The molecule has 2 aromatic carbocycles. The Bertz CT molecular complexity index is 1020. The van der Waals surface area contributed by atoms with E-state index in [1.807, 2.05) is 51.1 Å². The van der Waals surface area contributed by atoms with E-state index in [0.29, 0.717) is 17.2 Å². The lowest BCUT2D eigenvalue weighted by Gasteiger charge is -2.18. The largest absolute Gasteiger partial charge is 0.479 e. The van der Waals surface area contributed by atoms with Crippen LogP contribution < -0.4 is 5.32 Å². The molecule has 0 saturated heterocycles.